The Morgan fingerprint density at radius 2 is 2.27 bits per heavy atom. The van der Waals surface area contributed by atoms with Crippen LogP contribution in [0.2, 0.25) is 0 Å². The second kappa shape index (κ2) is 7.20. The first-order valence-corrected chi connectivity index (χ1v) is 6.20. The molecular weight excluding hydrogens is 190 g/mol. The first kappa shape index (κ1) is 12.9. The molecule has 2 N–H and O–H groups in total. The molecule has 1 fully saturated rings. The summed E-state index contributed by atoms with van der Waals surface area (Å²) in [6, 6.07) is 0.537. The molecule has 0 aromatic rings. The first-order valence-electron chi connectivity index (χ1n) is 6.20. The maximum absolute atomic E-state index is 9.61. The van der Waals surface area contributed by atoms with E-state index >= 15 is 0 Å². The molecule has 0 spiro atoms. The summed E-state index contributed by atoms with van der Waals surface area (Å²) < 4.78 is 5.37. The van der Waals surface area contributed by atoms with Crippen LogP contribution < -0.4 is 5.32 Å². The van der Waals surface area contributed by atoms with Gasteiger partial charge in [0.2, 0.25) is 0 Å². The first-order chi connectivity index (χ1) is 7.26. The van der Waals surface area contributed by atoms with Gasteiger partial charge in [0.05, 0.1) is 12.2 Å². The molecule has 3 heteroatoms. The van der Waals surface area contributed by atoms with Crippen LogP contribution in [0, 0.1) is 0 Å². The van der Waals surface area contributed by atoms with Crippen LogP contribution in [0.15, 0.2) is 0 Å². The van der Waals surface area contributed by atoms with Crippen LogP contribution in [0.4, 0.5) is 0 Å². The zero-order chi connectivity index (χ0) is 11.1. The lowest BCUT2D eigenvalue weighted by molar-refractivity contribution is 0.0554. The number of hydrogen-bond acceptors (Lipinski definition) is 3. The Labute approximate surface area is 93.2 Å². The molecule has 0 amide bonds. The van der Waals surface area contributed by atoms with Gasteiger partial charge in [0, 0.05) is 19.7 Å². The van der Waals surface area contributed by atoms with Crippen LogP contribution in [0.1, 0.15) is 45.4 Å². The monoisotopic (exact) mass is 215 g/mol. The molecule has 3 atom stereocenters. The van der Waals surface area contributed by atoms with Gasteiger partial charge < -0.3 is 15.2 Å². The van der Waals surface area contributed by atoms with Gasteiger partial charge in [-0.15, -0.1) is 0 Å². The Hall–Kier alpha value is -0.120. The van der Waals surface area contributed by atoms with Crippen LogP contribution in [0.25, 0.3) is 0 Å². The molecule has 0 aromatic heterocycles. The zero-order valence-corrected chi connectivity index (χ0v) is 10.0. The lowest BCUT2D eigenvalue weighted by atomic mass is 9.92. The summed E-state index contributed by atoms with van der Waals surface area (Å²) in [5.74, 6) is 0. The minimum absolute atomic E-state index is 0.182. The number of nitrogens with one attached hydrogen (secondary N) is 1. The predicted molar refractivity (Wildman–Crippen MR) is 62.0 cm³/mol. The largest absolute Gasteiger partial charge is 0.392 e. The molecule has 1 saturated carbocycles. The molecule has 0 bridgehead atoms. The second-order valence-electron chi connectivity index (χ2n) is 4.57. The standard InChI is InChI=1S/C12H25NO2/c1-3-5-11(14)9-13-10-6-4-7-12(8-10)15-2/h10-14H,3-9H2,1-2H3. The minimum Gasteiger partial charge on any atom is -0.392 e. The van der Waals surface area contributed by atoms with E-state index in [9.17, 15) is 5.11 Å². The molecule has 90 valence electrons. The molecule has 0 radical (unpaired) electrons. The summed E-state index contributed by atoms with van der Waals surface area (Å²) in [6.45, 7) is 2.83. The Morgan fingerprint density at radius 3 is 2.93 bits per heavy atom. The number of aliphatic hydroxyl groups is 1. The van der Waals surface area contributed by atoms with Crippen LogP contribution in [0.5, 0.6) is 0 Å². The van der Waals surface area contributed by atoms with E-state index in [4.69, 9.17) is 4.74 Å². The molecule has 15 heavy (non-hydrogen) atoms. The second-order valence-corrected chi connectivity index (χ2v) is 4.57. The van der Waals surface area contributed by atoms with Crippen molar-refractivity contribution in [1.29, 1.82) is 0 Å². The van der Waals surface area contributed by atoms with Gasteiger partial charge >= 0.3 is 0 Å². The molecule has 0 aliphatic heterocycles. The van der Waals surface area contributed by atoms with Crippen LogP contribution >= 0.6 is 0 Å². The van der Waals surface area contributed by atoms with E-state index in [0.29, 0.717) is 12.1 Å². The van der Waals surface area contributed by atoms with E-state index in [2.05, 4.69) is 12.2 Å². The zero-order valence-electron chi connectivity index (χ0n) is 10.0. The number of rotatable bonds is 6. The third-order valence-electron chi connectivity index (χ3n) is 3.22. The van der Waals surface area contributed by atoms with Gasteiger partial charge in [-0.25, -0.2) is 0 Å². The SMILES string of the molecule is CCCC(O)CNC1CCCC(OC)C1. The number of ether oxygens (including phenoxy) is 1. The highest BCUT2D eigenvalue weighted by molar-refractivity contribution is 4.79. The van der Waals surface area contributed by atoms with Crippen LogP contribution in [-0.2, 0) is 4.74 Å². The third kappa shape index (κ3) is 4.96. The molecule has 1 aliphatic carbocycles. The lowest BCUT2D eigenvalue weighted by Gasteiger charge is -2.29. The Kier molecular flexibility index (Phi) is 6.22. The number of hydrogen-bond donors (Lipinski definition) is 2. The predicted octanol–water partition coefficient (Wildman–Crippen LogP) is 1.69. The Balaban J connectivity index is 2.14. The van der Waals surface area contributed by atoms with Crippen molar-refractivity contribution < 1.29 is 9.84 Å². The van der Waals surface area contributed by atoms with Crippen molar-refractivity contribution in [2.24, 2.45) is 0 Å². The molecule has 0 heterocycles. The summed E-state index contributed by atoms with van der Waals surface area (Å²) in [5.41, 5.74) is 0. The summed E-state index contributed by atoms with van der Waals surface area (Å²) in [4.78, 5) is 0. The fourth-order valence-electron chi connectivity index (χ4n) is 2.28. The smallest absolute Gasteiger partial charge is 0.0664 e. The van der Waals surface area contributed by atoms with E-state index < -0.39 is 0 Å². The average molecular weight is 215 g/mol. The fraction of sp³-hybridized carbons (Fsp3) is 1.00. The molecule has 1 aliphatic rings. The third-order valence-corrected chi connectivity index (χ3v) is 3.22. The van der Waals surface area contributed by atoms with Crippen LogP contribution in [0.3, 0.4) is 0 Å². The Bertz CT molecular complexity index is 164. The van der Waals surface area contributed by atoms with Crippen molar-refractivity contribution in [2.45, 2.75) is 63.7 Å². The highest BCUT2D eigenvalue weighted by atomic mass is 16.5. The van der Waals surface area contributed by atoms with Crippen molar-refractivity contribution in [3.63, 3.8) is 0 Å². The van der Waals surface area contributed by atoms with Gasteiger partial charge in [0.15, 0.2) is 0 Å². The summed E-state index contributed by atoms with van der Waals surface area (Å²) in [7, 11) is 1.79. The van der Waals surface area contributed by atoms with Gasteiger partial charge in [-0.3, -0.25) is 0 Å². The van der Waals surface area contributed by atoms with Crippen molar-refractivity contribution in [1.82, 2.24) is 5.32 Å². The molecular formula is C12H25NO2. The van der Waals surface area contributed by atoms with Gasteiger partial charge in [0.25, 0.3) is 0 Å². The molecule has 1 rings (SSSR count). The van der Waals surface area contributed by atoms with E-state index in [1.807, 2.05) is 0 Å². The van der Waals surface area contributed by atoms with E-state index in [1.165, 1.54) is 19.3 Å². The molecule has 3 nitrogen and oxygen atoms in total. The average Bonchev–Trinajstić information content (AvgIpc) is 2.27. The van der Waals surface area contributed by atoms with Crippen molar-refractivity contribution in [2.75, 3.05) is 13.7 Å². The maximum Gasteiger partial charge on any atom is 0.0664 e. The van der Waals surface area contributed by atoms with Crippen molar-refractivity contribution in [3.05, 3.63) is 0 Å². The topological polar surface area (TPSA) is 41.5 Å². The Morgan fingerprint density at radius 1 is 1.47 bits per heavy atom. The lowest BCUT2D eigenvalue weighted by Crippen LogP contribution is -2.40. The van der Waals surface area contributed by atoms with Gasteiger partial charge in [-0.2, -0.15) is 0 Å². The minimum atomic E-state index is -0.182. The molecule has 3 unspecified atom stereocenters. The number of aliphatic hydroxyl groups excluding tert-OH is 1. The van der Waals surface area contributed by atoms with Gasteiger partial charge in [0.1, 0.15) is 0 Å². The van der Waals surface area contributed by atoms with Gasteiger partial charge in [-0.1, -0.05) is 13.3 Å². The molecule has 0 saturated heterocycles. The van der Waals surface area contributed by atoms with Gasteiger partial charge in [-0.05, 0) is 32.1 Å². The number of methoxy groups -OCH3 is 1. The van der Waals surface area contributed by atoms with E-state index in [0.717, 1.165) is 25.8 Å². The summed E-state index contributed by atoms with van der Waals surface area (Å²) >= 11 is 0. The molecule has 0 aromatic carbocycles. The highest BCUT2D eigenvalue weighted by Crippen LogP contribution is 2.20. The quantitative estimate of drug-likeness (QED) is 0.708. The highest BCUT2D eigenvalue weighted by Gasteiger charge is 2.21. The van der Waals surface area contributed by atoms with E-state index in [1.54, 1.807) is 7.11 Å². The van der Waals surface area contributed by atoms with Crippen molar-refractivity contribution >= 4 is 0 Å². The normalized spacial score (nSPS) is 29.0. The van der Waals surface area contributed by atoms with E-state index in [-0.39, 0.29) is 6.10 Å². The summed E-state index contributed by atoms with van der Waals surface area (Å²) in [5, 5.41) is 13.0. The maximum atomic E-state index is 9.61. The summed E-state index contributed by atoms with van der Waals surface area (Å²) in [6.07, 6.45) is 6.92. The van der Waals surface area contributed by atoms with Crippen LogP contribution in [-0.4, -0.2) is 37.0 Å². The van der Waals surface area contributed by atoms with Crippen molar-refractivity contribution in [3.8, 4) is 0 Å². The fourth-order valence-corrected chi connectivity index (χ4v) is 2.28.